The van der Waals surface area contributed by atoms with Crippen LogP contribution < -0.4 is 19.2 Å². The number of hydrogen-bond donors (Lipinski definition) is 1. The summed E-state index contributed by atoms with van der Waals surface area (Å²) in [6.45, 7) is 2.25. The normalized spacial score (nSPS) is 20.1. The minimum Gasteiger partial charge on any atom is -0.493 e. The Kier molecular flexibility index (Phi) is 6.74. The van der Waals surface area contributed by atoms with Crippen LogP contribution in [0.3, 0.4) is 0 Å². The number of thioether (sulfide) groups is 1. The van der Waals surface area contributed by atoms with Gasteiger partial charge in [0.1, 0.15) is 11.9 Å². The Morgan fingerprint density at radius 3 is 2.51 bits per heavy atom. The standard InChI is InChI=1S/C29H23ClN2O5S2/c1-15-6-9-19(10-7-15)32-27(33)23-22(24-26(31-29(35)39-24)38-25(23)28(32)34)17-8-11-20(21(13-17)36-2)37-14-16-4-3-5-18(30)12-16/h3-13,22-23,25H,14H2,1-2H3,(H,31,35)/t22-,23?,25?/m1/s1. The molecule has 3 aromatic carbocycles. The van der Waals surface area contributed by atoms with Crippen molar-refractivity contribution in [2.24, 2.45) is 5.92 Å². The summed E-state index contributed by atoms with van der Waals surface area (Å²) in [4.78, 5) is 44.5. The second-order valence-electron chi connectivity index (χ2n) is 9.43. The molecule has 39 heavy (non-hydrogen) atoms. The van der Waals surface area contributed by atoms with E-state index in [9.17, 15) is 14.4 Å². The second kappa shape index (κ2) is 10.2. The van der Waals surface area contributed by atoms with Crippen molar-refractivity contribution in [3.05, 3.63) is 103 Å². The maximum Gasteiger partial charge on any atom is 0.305 e. The molecule has 2 unspecified atom stereocenters. The summed E-state index contributed by atoms with van der Waals surface area (Å²) in [6.07, 6.45) is 0. The largest absolute Gasteiger partial charge is 0.493 e. The third kappa shape index (κ3) is 4.64. The van der Waals surface area contributed by atoms with Crippen LogP contribution in [0.2, 0.25) is 5.02 Å². The lowest BCUT2D eigenvalue weighted by Crippen LogP contribution is -2.32. The number of nitrogens with one attached hydrogen (secondary N) is 1. The number of aryl methyl sites for hydroxylation is 1. The van der Waals surface area contributed by atoms with Gasteiger partial charge >= 0.3 is 4.87 Å². The van der Waals surface area contributed by atoms with Crippen LogP contribution in [0.25, 0.3) is 0 Å². The van der Waals surface area contributed by atoms with Crippen molar-refractivity contribution < 1.29 is 19.1 Å². The van der Waals surface area contributed by atoms with Gasteiger partial charge in [-0.05, 0) is 54.4 Å². The zero-order chi connectivity index (χ0) is 27.3. The number of fused-ring (bicyclic) bond motifs is 2. The van der Waals surface area contributed by atoms with E-state index in [0.717, 1.165) is 32.9 Å². The molecule has 1 N–H and O–H groups in total. The van der Waals surface area contributed by atoms with E-state index in [4.69, 9.17) is 21.1 Å². The Hall–Kier alpha value is -3.53. The molecule has 6 rings (SSSR count). The van der Waals surface area contributed by atoms with Gasteiger partial charge in [0.25, 0.3) is 0 Å². The third-order valence-corrected chi connectivity index (χ3v) is 9.58. The van der Waals surface area contributed by atoms with Crippen molar-refractivity contribution >= 4 is 52.2 Å². The van der Waals surface area contributed by atoms with E-state index >= 15 is 0 Å². The van der Waals surface area contributed by atoms with Crippen molar-refractivity contribution in [1.82, 2.24) is 4.98 Å². The molecular weight excluding hydrogens is 556 g/mol. The summed E-state index contributed by atoms with van der Waals surface area (Å²) < 4.78 is 11.7. The van der Waals surface area contributed by atoms with Gasteiger partial charge in [0.05, 0.1) is 23.7 Å². The molecule has 7 nitrogen and oxygen atoms in total. The lowest BCUT2D eigenvalue weighted by atomic mass is 9.83. The van der Waals surface area contributed by atoms with Crippen molar-refractivity contribution in [1.29, 1.82) is 0 Å². The van der Waals surface area contributed by atoms with Crippen LogP contribution in [0.15, 0.2) is 76.6 Å². The number of aromatic amines is 1. The molecule has 0 saturated carbocycles. The first-order valence-corrected chi connectivity index (χ1v) is 14.3. The Morgan fingerprint density at radius 2 is 1.77 bits per heavy atom. The lowest BCUT2D eigenvalue weighted by molar-refractivity contribution is -0.122. The highest BCUT2D eigenvalue weighted by molar-refractivity contribution is 8.00. The number of carbonyl (C=O) groups is 2. The topological polar surface area (TPSA) is 88.7 Å². The van der Waals surface area contributed by atoms with Gasteiger partial charge in [-0.25, -0.2) is 4.90 Å². The molecule has 0 spiro atoms. The smallest absolute Gasteiger partial charge is 0.305 e. The molecule has 1 fully saturated rings. The number of carbonyl (C=O) groups excluding carboxylic acids is 2. The van der Waals surface area contributed by atoms with Gasteiger partial charge in [-0.2, -0.15) is 0 Å². The molecule has 2 amide bonds. The summed E-state index contributed by atoms with van der Waals surface area (Å²) >= 11 is 8.43. The van der Waals surface area contributed by atoms with Crippen molar-refractivity contribution in [3.8, 4) is 11.5 Å². The number of amides is 2. The summed E-state index contributed by atoms with van der Waals surface area (Å²) in [5.74, 6) is -0.724. The predicted octanol–water partition coefficient (Wildman–Crippen LogP) is 5.78. The summed E-state index contributed by atoms with van der Waals surface area (Å²) in [5, 5.41) is 0.592. The first kappa shape index (κ1) is 25.7. The Bertz CT molecular complexity index is 1650. The van der Waals surface area contributed by atoms with E-state index in [1.165, 1.54) is 16.7 Å². The number of rotatable bonds is 6. The lowest BCUT2D eigenvalue weighted by Gasteiger charge is -2.30. The van der Waals surface area contributed by atoms with E-state index in [1.807, 2.05) is 49.4 Å². The third-order valence-electron chi connectivity index (χ3n) is 6.95. The molecule has 198 valence electrons. The molecule has 1 aromatic heterocycles. The van der Waals surface area contributed by atoms with Gasteiger partial charge in [-0.3, -0.25) is 14.4 Å². The monoisotopic (exact) mass is 578 g/mol. The van der Waals surface area contributed by atoms with Crippen LogP contribution in [-0.2, 0) is 16.2 Å². The van der Waals surface area contributed by atoms with E-state index in [-0.39, 0.29) is 16.7 Å². The van der Waals surface area contributed by atoms with Crippen LogP contribution in [0.1, 0.15) is 27.5 Å². The van der Waals surface area contributed by atoms with Crippen LogP contribution in [0, 0.1) is 12.8 Å². The molecule has 1 saturated heterocycles. The van der Waals surface area contributed by atoms with Crippen LogP contribution >= 0.6 is 34.7 Å². The van der Waals surface area contributed by atoms with Gasteiger partial charge in [0.2, 0.25) is 11.8 Å². The number of nitrogens with zero attached hydrogens (tertiary/aromatic N) is 1. The molecule has 2 aliphatic rings. The molecule has 3 atom stereocenters. The van der Waals surface area contributed by atoms with Crippen LogP contribution in [-0.4, -0.2) is 29.2 Å². The van der Waals surface area contributed by atoms with Gasteiger partial charge < -0.3 is 14.5 Å². The van der Waals surface area contributed by atoms with Crippen molar-refractivity contribution in [2.45, 2.75) is 29.7 Å². The number of thiazole rings is 1. The number of imide groups is 1. The van der Waals surface area contributed by atoms with E-state index < -0.39 is 17.1 Å². The Morgan fingerprint density at radius 1 is 0.974 bits per heavy atom. The SMILES string of the molecule is COc1cc([C@H]2c3sc(=O)[nH]c3SC3C(=O)N(c4ccc(C)cc4)C(=O)C32)ccc1OCc1cccc(Cl)c1. The number of H-pyrrole nitrogens is 1. The van der Waals surface area contributed by atoms with Crippen LogP contribution in [0.4, 0.5) is 5.69 Å². The van der Waals surface area contributed by atoms with Crippen molar-refractivity contribution in [3.63, 3.8) is 0 Å². The summed E-state index contributed by atoms with van der Waals surface area (Å²) in [5.41, 5.74) is 3.25. The first-order valence-electron chi connectivity index (χ1n) is 12.2. The highest BCUT2D eigenvalue weighted by Crippen LogP contribution is 2.53. The van der Waals surface area contributed by atoms with Gasteiger partial charge in [-0.15, -0.1) is 0 Å². The van der Waals surface area contributed by atoms with E-state index in [1.54, 1.807) is 31.4 Å². The highest BCUT2D eigenvalue weighted by Gasteiger charge is 2.56. The number of benzene rings is 3. The Labute approximate surface area is 237 Å². The summed E-state index contributed by atoms with van der Waals surface area (Å²) in [6, 6.07) is 20.2. The van der Waals surface area contributed by atoms with E-state index in [2.05, 4.69) is 4.98 Å². The minimum atomic E-state index is -0.675. The minimum absolute atomic E-state index is 0.221. The maximum absolute atomic E-state index is 13.9. The number of hydrogen-bond acceptors (Lipinski definition) is 7. The molecule has 0 aliphatic carbocycles. The quantitative estimate of drug-likeness (QED) is 0.292. The van der Waals surface area contributed by atoms with Gasteiger partial charge in [0, 0.05) is 15.8 Å². The van der Waals surface area contributed by atoms with Gasteiger partial charge in [-0.1, -0.05) is 70.6 Å². The highest BCUT2D eigenvalue weighted by atomic mass is 35.5. The average molecular weight is 579 g/mol. The zero-order valence-electron chi connectivity index (χ0n) is 21.0. The average Bonchev–Trinajstić information content (AvgIpc) is 3.42. The number of halogens is 1. The molecular formula is C29H23ClN2O5S2. The fraction of sp³-hybridized carbons (Fsp3) is 0.207. The predicted molar refractivity (Wildman–Crippen MR) is 152 cm³/mol. The molecule has 4 aromatic rings. The first-order chi connectivity index (χ1) is 18.8. The number of aromatic nitrogens is 1. The number of anilines is 1. The molecule has 2 aliphatic heterocycles. The zero-order valence-corrected chi connectivity index (χ0v) is 23.4. The second-order valence-corrected chi connectivity index (χ2v) is 12.0. The molecule has 0 bridgehead atoms. The maximum atomic E-state index is 13.9. The van der Waals surface area contributed by atoms with Gasteiger partial charge in [0.15, 0.2) is 11.5 Å². The summed E-state index contributed by atoms with van der Waals surface area (Å²) in [7, 11) is 1.55. The molecule has 10 heteroatoms. The number of ether oxygens (including phenoxy) is 2. The van der Waals surface area contributed by atoms with Crippen molar-refractivity contribution in [2.75, 3.05) is 12.0 Å². The molecule has 3 heterocycles. The van der Waals surface area contributed by atoms with Crippen LogP contribution in [0.5, 0.6) is 11.5 Å². The fourth-order valence-electron chi connectivity index (χ4n) is 5.11. The fourth-order valence-corrected chi connectivity index (χ4v) is 7.84. The number of methoxy groups -OCH3 is 1. The Balaban J connectivity index is 1.37. The van der Waals surface area contributed by atoms with E-state index in [0.29, 0.717) is 33.8 Å². The molecule has 0 radical (unpaired) electrons.